The van der Waals surface area contributed by atoms with Crippen molar-refractivity contribution in [3.05, 3.63) is 28.1 Å². The third kappa shape index (κ3) is 2.35. The lowest BCUT2D eigenvalue weighted by Crippen LogP contribution is -2.46. The number of rotatable bonds is 3. The van der Waals surface area contributed by atoms with E-state index in [4.69, 9.17) is 0 Å². The molecule has 98 valence electrons. The molecular formula is C11H16N4O3. The van der Waals surface area contributed by atoms with E-state index >= 15 is 0 Å². The van der Waals surface area contributed by atoms with E-state index in [0.29, 0.717) is 25.3 Å². The van der Waals surface area contributed by atoms with Gasteiger partial charge in [-0.25, -0.2) is 0 Å². The number of amides is 1. The molecule has 2 heterocycles. The number of nitrogens with zero attached hydrogens (tertiary/aromatic N) is 3. The van der Waals surface area contributed by atoms with Crippen LogP contribution in [0.2, 0.25) is 0 Å². The maximum absolute atomic E-state index is 12.3. The molecule has 0 radical (unpaired) electrons. The SMILES string of the molecule is CCn1cc([N+](=O)[O-])cc1C(=O)N1CCNCC1. The minimum atomic E-state index is -0.472. The molecule has 0 atom stereocenters. The zero-order chi connectivity index (χ0) is 13.1. The molecule has 1 aliphatic rings. The topological polar surface area (TPSA) is 80.4 Å². The highest BCUT2D eigenvalue weighted by molar-refractivity contribution is 5.93. The molecule has 18 heavy (non-hydrogen) atoms. The van der Waals surface area contributed by atoms with Crippen molar-refractivity contribution < 1.29 is 9.72 Å². The van der Waals surface area contributed by atoms with Crippen molar-refractivity contribution in [1.29, 1.82) is 0 Å². The van der Waals surface area contributed by atoms with E-state index in [9.17, 15) is 14.9 Å². The van der Waals surface area contributed by atoms with Crippen LogP contribution >= 0.6 is 0 Å². The van der Waals surface area contributed by atoms with E-state index in [0.717, 1.165) is 13.1 Å². The number of hydrogen-bond acceptors (Lipinski definition) is 4. The van der Waals surface area contributed by atoms with Crippen LogP contribution in [0.1, 0.15) is 17.4 Å². The van der Waals surface area contributed by atoms with Crippen molar-refractivity contribution in [3.63, 3.8) is 0 Å². The van der Waals surface area contributed by atoms with Gasteiger partial charge in [-0.1, -0.05) is 0 Å². The fraction of sp³-hybridized carbons (Fsp3) is 0.545. The number of carbonyl (C=O) groups is 1. The third-order valence-corrected chi connectivity index (χ3v) is 3.06. The van der Waals surface area contributed by atoms with Crippen LogP contribution in [-0.4, -0.2) is 46.5 Å². The van der Waals surface area contributed by atoms with Crippen LogP contribution in [0, 0.1) is 10.1 Å². The third-order valence-electron chi connectivity index (χ3n) is 3.06. The molecule has 0 bridgehead atoms. The number of carbonyl (C=O) groups excluding carboxylic acids is 1. The Labute approximate surface area is 105 Å². The number of hydrogen-bond donors (Lipinski definition) is 1. The van der Waals surface area contributed by atoms with Gasteiger partial charge < -0.3 is 14.8 Å². The number of piperazine rings is 1. The molecule has 7 heteroatoms. The van der Waals surface area contributed by atoms with E-state index in [1.54, 1.807) is 9.47 Å². The summed E-state index contributed by atoms with van der Waals surface area (Å²) in [7, 11) is 0. The quantitative estimate of drug-likeness (QED) is 0.626. The second-order valence-corrected chi connectivity index (χ2v) is 4.17. The summed E-state index contributed by atoms with van der Waals surface area (Å²) in [5.74, 6) is -0.133. The fourth-order valence-corrected chi connectivity index (χ4v) is 2.07. The van der Waals surface area contributed by atoms with Crippen LogP contribution in [0.15, 0.2) is 12.3 Å². The summed E-state index contributed by atoms with van der Waals surface area (Å²) in [6, 6.07) is 1.36. The van der Waals surface area contributed by atoms with Crippen molar-refractivity contribution in [1.82, 2.24) is 14.8 Å². The van der Waals surface area contributed by atoms with E-state index in [1.165, 1.54) is 12.3 Å². The normalized spacial score (nSPS) is 15.7. The Bertz CT molecular complexity index is 463. The van der Waals surface area contributed by atoms with Crippen LogP contribution < -0.4 is 5.32 Å². The predicted octanol–water partition coefficient (Wildman–Crippen LogP) is 0.462. The van der Waals surface area contributed by atoms with E-state index in [1.807, 2.05) is 6.92 Å². The maximum Gasteiger partial charge on any atom is 0.287 e. The van der Waals surface area contributed by atoms with Crippen molar-refractivity contribution >= 4 is 11.6 Å². The Morgan fingerprint density at radius 1 is 1.50 bits per heavy atom. The van der Waals surface area contributed by atoms with Crippen LogP contribution in [0.25, 0.3) is 0 Å². The van der Waals surface area contributed by atoms with Gasteiger partial charge in [-0.05, 0) is 6.92 Å². The smallest absolute Gasteiger partial charge is 0.287 e. The van der Waals surface area contributed by atoms with Crippen LogP contribution in [0.5, 0.6) is 0 Å². The average molecular weight is 252 g/mol. The summed E-state index contributed by atoms with van der Waals surface area (Å²) in [5.41, 5.74) is 0.362. The van der Waals surface area contributed by atoms with Crippen LogP contribution in [0.4, 0.5) is 5.69 Å². The molecule has 0 saturated carbocycles. The van der Waals surface area contributed by atoms with Crippen LogP contribution in [0.3, 0.4) is 0 Å². The highest BCUT2D eigenvalue weighted by Gasteiger charge is 2.24. The first-order chi connectivity index (χ1) is 8.63. The molecule has 1 aromatic heterocycles. The van der Waals surface area contributed by atoms with E-state index in [2.05, 4.69) is 5.32 Å². The minimum absolute atomic E-state index is 0.0321. The summed E-state index contributed by atoms with van der Waals surface area (Å²) >= 11 is 0. The van der Waals surface area contributed by atoms with Crippen molar-refractivity contribution in [2.45, 2.75) is 13.5 Å². The molecule has 1 N–H and O–H groups in total. The fourth-order valence-electron chi connectivity index (χ4n) is 2.07. The summed E-state index contributed by atoms with van der Waals surface area (Å²) in [4.78, 5) is 24.3. The highest BCUT2D eigenvalue weighted by atomic mass is 16.6. The zero-order valence-electron chi connectivity index (χ0n) is 10.3. The van der Waals surface area contributed by atoms with Gasteiger partial charge in [0.05, 0.1) is 11.1 Å². The summed E-state index contributed by atoms with van der Waals surface area (Å²) in [6.45, 7) is 5.21. The van der Waals surface area contributed by atoms with E-state index < -0.39 is 4.92 Å². The first kappa shape index (κ1) is 12.6. The van der Waals surface area contributed by atoms with Gasteiger partial charge in [0.25, 0.3) is 11.6 Å². The molecule has 1 saturated heterocycles. The van der Waals surface area contributed by atoms with Gasteiger partial charge in [-0.2, -0.15) is 0 Å². The molecule has 1 aromatic rings. The molecule has 0 unspecified atom stereocenters. The highest BCUT2D eigenvalue weighted by Crippen LogP contribution is 2.18. The maximum atomic E-state index is 12.3. The molecule has 2 rings (SSSR count). The molecule has 7 nitrogen and oxygen atoms in total. The molecule has 0 aromatic carbocycles. The largest absolute Gasteiger partial charge is 0.337 e. The van der Waals surface area contributed by atoms with Gasteiger partial charge in [0, 0.05) is 38.8 Å². The number of nitrogens with one attached hydrogen (secondary N) is 1. The summed E-state index contributed by atoms with van der Waals surface area (Å²) in [5, 5.41) is 13.9. The van der Waals surface area contributed by atoms with Crippen LogP contribution in [-0.2, 0) is 6.54 Å². The Morgan fingerprint density at radius 3 is 2.72 bits per heavy atom. The lowest BCUT2D eigenvalue weighted by molar-refractivity contribution is -0.384. The Morgan fingerprint density at radius 2 is 2.17 bits per heavy atom. The van der Waals surface area contributed by atoms with Gasteiger partial charge in [-0.15, -0.1) is 0 Å². The zero-order valence-corrected chi connectivity index (χ0v) is 10.3. The van der Waals surface area contributed by atoms with Crippen molar-refractivity contribution in [3.8, 4) is 0 Å². The Hall–Kier alpha value is -1.89. The number of aromatic nitrogens is 1. The van der Waals surface area contributed by atoms with Crippen molar-refractivity contribution in [2.24, 2.45) is 0 Å². The molecule has 1 amide bonds. The lowest BCUT2D eigenvalue weighted by Gasteiger charge is -2.27. The van der Waals surface area contributed by atoms with Gasteiger partial charge in [-0.3, -0.25) is 14.9 Å². The summed E-state index contributed by atoms with van der Waals surface area (Å²) < 4.78 is 1.63. The lowest BCUT2D eigenvalue weighted by atomic mass is 10.3. The Balaban J connectivity index is 2.25. The van der Waals surface area contributed by atoms with Gasteiger partial charge >= 0.3 is 0 Å². The molecular weight excluding hydrogens is 236 g/mol. The van der Waals surface area contributed by atoms with Gasteiger partial charge in [0.15, 0.2) is 0 Å². The van der Waals surface area contributed by atoms with Gasteiger partial charge in [0.2, 0.25) is 0 Å². The second-order valence-electron chi connectivity index (χ2n) is 4.17. The molecule has 0 spiro atoms. The Kier molecular flexibility index (Phi) is 3.61. The molecule has 1 aliphatic heterocycles. The first-order valence-electron chi connectivity index (χ1n) is 5.98. The average Bonchev–Trinajstić information content (AvgIpc) is 2.83. The number of nitro groups is 1. The monoisotopic (exact) mass is 252 g/mol. The standard InChI is InChI=1S/C11H16N4O3/c1-2-13-8-9(15(17)18)7-10(13)11(16)14-5-3-12-4-6-14/h7-8,12H,2-6H2,1H3. The number of aryl methyl sites for hydroxylation is 1. The van der Waals surface area contributed by atoms with Crippen molar-refractivity contribution in [2.75, 3.05) is 26.2 Å². The summed E-state index contributed by atoms with van der Waals surface area (Å²) in [6.07, 6.45) is 1.41. The molecule has 0 aliphatic carbocycles. The van der Waals surface area contributed by atoms with Gasteiger partial charge in [0.1, 0.15) is 5.69 Å². The van der Waals surface area contributed by atoms with E-state index in [-0.39, 0.29) is 11.6 Å². The molecule has 1 fully saturated rings. The predicted molar refractivity (Wildman–Crippen MR) is 65.5 cm³/mol. The second kappa shape index (κ2) is 5.18. The minimum Gasteiger partial charge on any atom is -0.337 e. The first-order valence-corrected chi connectivity index (χ1v) is 5.98.